The summed E-state index contributed by atoms with van der Waals surface area (Å²) >= 11 is 1.35. The smallest absolute Gasteiger partial charge is 0.265 e. The Hall–Kier alpha value is -2.46. The van der Waals surface area contributed by atoms with E-state index in [2.05, 4.69) is 33.7 Å². The van der Waals surface area contributed by atoms with E-state index in [1.807, 2.05) is 24.3 Å². The molecule has 8 nitrogen and oxygen atoms in total. The predicted molar refractivity (Wildman–Crippen MR) is 139 cm³/mol. The zero-order valence-electron chi connectivity index (χ0n) is 20.3. The molecule has 0 radical (unpaired) electrons. The van der Waals surface area contributed by atoms with Crippen LogP contribution in [-0.2, 0) is 7.05 Å². The van der Waals surface area contributed by atoms with Crippen LogP contribution >= 0.6 is 11.3 Å². The molecule has 0 atom stereocenters. The molecule has 1 aromatic carbocycles. The van der Waals surface area contributed by atoms with Gasteiger partial charge in [0.05, 0.1) is 23.3 Å². The van der Waals surface area contributed by atoms with Gasteiger partial charge in [-0.2, -0.15) is 0 Å². The van der Waals surface area contributed by atoms with Crippen molar-refractivity contribution in [2.75, 3.05) is 65.6 Å². The molecular formula is C25H35N4O4S+. The van der Waals surface area contributed by atoms with E-state index >= 15 is 0 Å². The van der Waals surface area contributed by atoms with Gasteiger partial charge in [-0.25, -0.2) is 0 Å². The minimum Gasteiger partial charge on any atom is -0.490 e. The fourth-order valence-corrected chi connectivity index (χ4v) is 5.61. The van der Waals surface area contributed by atoms with E-state index in [-0.39, 0.29) is 11.5 Å². The number of rotatable bonds is 10. The Morgan fingerprint density at radius 3 is 2.68 bits per heavy atom. The third kappa shape index (κ3) is 5.12. The van der Waals surface area contributed by atoms with Crippen molar-refractivity contribution in [3.05, 3.63) is 39.5 Å². The van der Waals surface area contributed by atoms with Crippen LogP contribution in [0.1, 0.15) is 23.5 Å². The van der Waals surface area contributed by atoms with E-state index in [4.69, 9.17) is 4.74 Å². The molecule has 1 saturated heterocycles. The van der Waals surface area contributed by atoms with Crippen LogP contribution in [0.4, 0.5) is 0 Å². The average molecular weight is 488 g/mol. The van der Waals surface area contributed by atoms with Gasteiger partial charge in [-0.3, -0.25) is 14.5 Å². The molecule has 4 rings (SSSR count). The first-order valence-electron chi connectivity index (χ1n) is 12.1. The van der Waals surface area contributed by atoms with Crippen molar-refractivity contribution >= 4 is 38.2 Å². The number of hydrogen-bond donors (Lipinski definition) is 1. The third-order valence-electron chi connectivity index (χ3n) is 6.51. The van der Waals surface area contributed by atoms with E-state index in [9.17, 15) is 9.59 Å². The summed E-state index contributed by atoms with van der Waals surface area (Å²) < 4.78 is 13.1. The molecule has 9 heteroatoms. The molecule has 34 heavy (non-hydrogen) atoms. The van der Waals surface area contributed by atoms with Gasteiger partial charge in [-0.15, -0.1) is 11.3 Å². The molecule has 1 aliphatic heterocycles. The molecule has 1 aliphatic rings. The number of pyridine rings is 1. The largest absolute Gasteiger partial charge is 0.490 e. The summed E-state index contributed by atoms with van der Waals surface area (Å²) in [6.45, 7) is 12.1. The average Bonchev–Trinajstić information content (AvgIpc) is 3.25. The number of fused-ring (bicyclic) bond motifs is 3. The number of aliphatic hydroxyl groups is 2. The molecule has 2 aromatic heterocycles. The lowest BCUT2D eigenvalue weighted by atomic mass is 10.1. The number of nitrogens with one attached hydrogen (secondary N) is 1. The minimum atomic E-state index is -0.189. The Labute approximate surface area is 204 Å². The normalized spacial score (nSPS) is 14.8. The Bertz CT molecular complexity index is 1200. The van der Waals surface area contributed by atoms with Gasteiger partial charge in [0, 0.05) is 32.1 Å². The van der Waals surface area contributed by atoms with Crippen molar-refractivity contribution in [1.82, 2.24) is 19.7 Å². The molecule has 0 spiro atoms. The maximum absolute atomic E-state index is 13.4. The third-order valence-corrected chi connectivity index (χ3v) is 7.71. The summed E-state index contributed by atoms with van der Waals surface area (Å²) in [5.41, 5.74) is 0.706. The van der Waals surface area contributed by atoms with Gasteiger partial charge in [0.15, 0.2) is 19.0 Å². The minimum absolute atomic E-state index is 0.140. The number of nitrogens with zero attached hydrogens (tertiary/aromatic N) is 3. The second-order valence-corrected chi connectivity index (χ2v) is 9.51. The molecule has 3 heterocycles. The number of amides is 1. The molecular weight excluding hydrogens is 452 g/mol. The molecule has 1 fully saturated rings. The van der Waals surface area contributed by atoms with Gasteiger partial charge in [-0.05, 0) is 19.2 Å². The van der Waals surface area contributed by atoms with Crippen LogP contribution in [0.2, 0.25) is 0 Å². The van der Waals surface area contributed by atoms with E-state index in [0.29, 0.717) is 29.2 Å². The first-order valence-corrected chi connectivity index (χ1v) is 12.9. The number of thiophene rings is 1. The highest BCUT2D eigenvalue weighted by atomic mass is 32.1. The highest BCUT2D eigenvalue weighted by Crippen LogP contribution is 2.39. The zero-order valence-corrected chi connectivity index (χ0v) is 21.1. The maximum atomic E-state index is 13.4. The Balaban J connectivity index is 1.67. The number of hydrogen-bond acceptors (Lipinski definition) is 6. The van der Waals surface area contributed by atoms with Crippen molar-refractivity contribution in [3.8, 4) is 5.75 Å². The van der Waals surface area contributed by atoms with Crippen molar-refractivity contribution in [1.29, 1.82) is 0 Å². The standard InChI is InChI=1S/C25H34N4O4S/c1-4-28(5-2)11-10-26-24(30)23-21(33-17-14-29-12-15-32-16-13-29)20-22(34-23)18-8-6-7-9-19(18)27(3)25(20)31/h6-9H,4-5,10-17H2,1-3H3,(H,26,30)/p+1. The molecule has 3 aromatic rings. The highest BCUT2D eigenvalue weighted by Gasteiger charge is 2.25. The highest BCUT2D eigenvalue weighted by molar-refractivity contribution is 7.22. The summed E-state index contributed by atoms with van der Waals surface area (Å²) in [7, 11) is 1.77. The number of likely N-dealkylation sites (N-methyl/N-ethyl adjacent to an activating group) is 1. The fraction of sp³-hybridized carbons (Fsp3) is 0.520. The number of benzene rings is 1. The summed E-state index contributed by atoms with van der Waals surface area (Å²) in [6, 6.07) is 7.81. The van der Waals surface area contributed by atoms with Crippen molar-refractivity contribution in [2.24, 2.45) is 7.05 Å². The molecule has 0 aliphatic carbocycles. The van der Waals surface area contributed by atoms with Crippen LogP contribution in [-0.4, -0.2) is 90.6 Å². The Morgan fingerprint density at radius 1 is 1.21 bits per heavy atom. The van der Waals surface area contributed by atoms with Crippen molar-refractivity contribution < 1.29 is 14.3 Å². The van der Waals surface area contributed by atoms with E-state index in [0.717, 1.165) is 68.1 Å². The lowest BCUT2D eigenvalue weighted by molar-refractivity contribution is -0.0916. The number of aryl methyl sites for hydroxylation is 1. The summed E-state index contributed by atoms with van der Waals surface area (Å²) in [4.78, 5) is 31.7. The van der Waals surface area contributed by atoms with Crippen molar-refractivity contribution in [2.45, 2.75) is 13.8 Å². The summed E-state index contributed by atoms with van der Waals surface area (Å²) in [5, 5.41) is 4.49. The number of aromatic nitrogens is 1. The second kappa shape index (κ2) is 11.3. The molecule has 2 N–H and O–H groups in total. The molecule has 184 valence electrons. The first-order chi connectivity index (χ1) is 16.5. The molecule has 0 bridgehead atoms. The van der Waals surface area contributed by atoms with Crippen LogP contribution in [0.15, 0.2) is 29.1 Å². The van der Waals surface area contributed by atoms with Crippen LogP contribution in [0.5, 0.6) is 5.75 Å². The number of morpholine rings is 1. The van der Waals surface area contributed by atoms with E-state index < -0.39 is 0 Å². The topological polar surface area (TPSA) is 79.6 Å². The van der Waals surface area contributed by atoms with Gasteiger partial charge in [-0.1, -0.05) is 32.0 Å². The predicted octanol–water partition coefficient (Wildman–Crippen LogP) is 2.05. The van der Waals surface area contributed by atoms with Gasteiger partial charge in [0.2, 0.25) is 0 Å². The molecule has 0 saturated carbocycles. The lowest BCUT2D eigenvalue weighted by Crippen LogP contribution is -2.40. The van der Waals surface area contributed by atoms with Crippen LogP contribution in [0, 0.1) is 0 Å². The number of carbonyl (C=O) groups excluding carboxylic acids is 1. The Kier molecular flexibility index (Phi) is 8.20. The van der Waals surface area contributed by atoms with Gasteiger partial charge >= 0.3 is 0 Å². The monoisotopic (exact) mass is 487 g/mol. The number of ether oxygens (including phenoxy) is 2. The lowest BCUT2D eigenvalue weighted by Gasteiger charge is -2.24. The maximum Gasteiger partial charge on any atom is 0.265 e. The molecule has 1 amide bonds. The van der Waals surface area contributed by atoms with Gasteiger partial charge < -0.3 is 24.3 Å². The van der Waals surface area contributed by atoms with Gasteiger partial charge in [0.25, 0.3) is 11.5 Å². The van der Waals surface area contributed by atoms with Crippen LogP contribution in [0.25, 0.3) is 21.0 Å². The van der Waals surface area contributed by atoms with Crippen LogP contribution in [0.3, 0.4) is 0 Å². The Morgan fingerprint density at radius 2 is 1.94 bits per heavy atom. The fourth-order valence-electron chi connectivity index (χ4n) is 4.42. The molecule has 0 unspecified atom stereocenters. The van der Waals surface area contributed by atoms with Crippen LogP contribution < -0.4 is 15.6 Å². The van der Waals surface area contributed by atoms with Gasteiger partial charge in [0.1, 0.15) is 16.9 Å². The summed E-state index contributed by atoms with van der Waals surface area (Å²) in [6.07, 6.45) is 0. The second-order valence-electron chi connectivity index (χ2n) is 8.49. The summed E-state index contributed by atoms with van der Waals surface area (Å²) in [5.74, 6) is 0.222. The zero-order chi connectivity index (χ0) is 24.1. The quantitative estimate of drug-likeness (QED) is 0.443. The van der Waals surface area contributed by atoms with E-state index in [1.54, 1.807) is 11.6 Å². The van der Waals surface area contributed by atoms with Crippen molar-refractivity contribution in [3.63, 3.8) is 0 Å². The van der Waals surface area contributed by atoms with E-state index in [1.165, 1.54) is 11.3 Å². The SMILES string of the molecule is CCN(CC)CCNC(=O)c1sc2c(c1OCCN1CC[OH+]CC1)c(=O)n(C)c1ccccc21. The number of carbonyl (C=O) groups is 1. The first kappa shape index (κ1) is 24.7. The number of para-hydroxylation sites is 1.